The summed E-state index contributed by atoms with van der Waals surface area (Å²) in [6, 6.07) is 8.68. The number of hydrogen-bond donors (Lipinski definition) is 3. The number of piperidine rings is 1. The van der Waals surface area contributed by atoms with Gasteiger partial charge in [0.15, 0.2) is 0 Å². The number of pyridine rings is 1. The van der Waals surface area contributed by atoms with Crippen LogP contribution in [0.2, 0.25) is 0 Å². The van der Waals surface area contributed by atoms with Gasteiger partial charge in [0.2, 0.25) is 15.9 Å². The maximum Gasteiger partial charge on any atom is 0.433 e. The number of sulfonamides is 1. The zero-order valence-corrected chi connectivity index (χ0v) is 21.7. The number of carbonyl (C=O) groups excluding carboxylic acids is 2. The first-order valence-corrected chi connectivity index (χ1v) is 13.7. The van der Waals surface area contributed by atoms with Crippen molar-refractivity contribution in [1.82, 2.24) is 15.2 Å². The molecule has 14 heteroatoms. The molecular weight excluding hydrogens is 542 g/mol. The van der Waals surface area contributed by atoms with E-state index in [0.29, 0.717) is 0 Å². The van der Waals surface area contributed by atoms with Crippen molar-refractivity contribution in [1.29, 1.82) is 0 Å². The summed E-state index contributed by atoms with van der Waals surface area (Å²) in [5.74, 6) is -1.49. The number of nitrogens with one attached hydrogen (secondary N) is 3. The SMILES string of the molecule is CC(=O)N1CC(Nc2cc(C(F)(F)F)nc3ccc(F)cc23)C[C@H](NC(=O)c2cccc(NS(C)(=O)=O)c2)C1. The van der Waals surface area contributed by atoms with Crippen molar-refractivity contribution in [3.8, 4) is 0 Å². The van der Waals surface area contributed by atoms with Gasteiger partial charge in [-0.2, -0.15) is 13.2 Å². The Morgan fingerprint density at radius 3 is 2.44 bits per heavy atom. The molecule has 2 heterocycles. The van der Waals surface area contributed by atoms with Gasteiger partial charge in [0.25, 0.3) is 5.91 Å². The number of hydrogen-bond acceptors (Lipinski definition) is 6. The number of nitrogens with zero attached hydrogens (tertiary/aromatic N) is 2. The number of aromatic nitrogens is 1. The molecule has 3 N–H and O–H groups in total. The van der Waals surface area contributed by atoms with Gasteiger partial charge in [0.05, 0.1) is 11.8 Å². The summed E-state index contributed by atoms with van der Waals surface area (Å²) in [5, 5.41) is 5.94. The fraction of sp³-hybridized carbons (Fsp3) is 0.320. The summed E-state index contributed by atoms with van der Waals surface area (Å²) in [4.78, 5) is 30.2. The lowest BCUT2D eigenvalue weighted by molar-refractivity contribution is -0.140. The van der Waals surface area contributed by atoms with Gasteiger partial charge in [0, 0.05) is 54.4 Å². The zero-order valence-electron chi connectivity index (χ0n) is 20.8. The number of rotatable bonds is 6. The number of amides is 2. The van der Waals surface area contributed by atoms with Gasteiger partial charge in [-0.25, -0.2) is 17.8 Å². The highest BCUT2D eigenvalue weighted by atomic mass is 32.2. The van der Waals surface area contributed by atoms with E-state index in [4.69, 9.17) is 0 Å². The van der Waals surface area contributed by atoms with Crippen LogP contribution >= 0.6 is 0 Å². The van der Waals surface area contributed by atoms with Gasteiger partial charge in [0.1, 0.15) is 11.5 Å². The molecular formula is C25H25F4N5O4S. The van der Waals surface area contributed by atoms with E-state index in [-0.39, 0.29) is 53.3 Å². The Bertz CT molecular complexity index is 1530. The molecule has 0 radical (unpaired) electrons. The molecule has 208 valence electrons. The summed E-state index contributed by atoms with van der Waals surface area (Å²) in [6.07, 6.45) is -3.53. The molecule has 0 aliphatic carbocycles. The lowest BCUT2D eigenvalue weighted by atomic mass is 9.99. The van der Waals surface area contributed by atoms with E-state index in [1.165, 1.54) is 36.1 Å². The lowest BCUT2D eigenvalue weighted by Crippen LogP contribution is -2.55. The summed E-state index contributed by atoms with van der Waals surface area (Å²) in [5.41, 5.74) is -0.863. The predicted molar refractivity (Wildman–Crippen MR) is 137 cm³/mol. The Morgan fingerprint density at radius 1 is 1.05 bits per heavy atom. The fourth-order valence-corrected chi connectivity index (χ4v) is 5.01. The highest BCUT2D eigenvalue weighted by Crippen LogP contribution is 2.34. The predicted octanol–water partition coefficient (Wildman–Crippen LogP) is 3.60. The maximum absolute atomic E-state index is 14.0. The minimum absolute atomic E-state index is 0.00754. The van der Waals surface area contributed by atoms with Crippen molar-refractivity contribution >= 4 is 44.1 Å². The molecule has 0 spiro atoms. The van der Waals surface area contributed by atoms with Crippen molar-refractivity contribution in [3.63, 3.8) is 0 Å². The Labute approximate surface area is 221 Å². The molecule has 2 amide bonds. The Kier molecular flexibility index (Phi) is 7.68. The smallest absolute Gasteiger partial charge is 0.380 e. The number of carbonyl (C=O) groups is 2. The van der Waals surface area contributed by atoms with Gasteiger partial charge in [-0.3, -0.25) is 14.3 Å². The number of halogens is 4. The molecule has 2 atom stereocenters. The molecule has 1 aliphatic heterocycles. The lowest BCUT2D eigenvalue weighted by Gasteiger charge is -2.38. The minimum atomic E-state index is -4.74. The van der Waals surface area contributed by atoms with Crippen LogP contribution in [-0.4, -0.2) is 61.5 Å². The first-order chi connectivity index (χ1) is 18.2. The molecule has 4 rings (SSSR count). The van der Waals surface area contributed by atoms with Gasteiger partial charge in [-0.1, -0.05) is 6.07 Å². The Morgan fingerprint density at radius 2 is 1.77 bits per heavy atom. The van der Waals surface area contributed by atoms with Gasteiger partial charge < -0.3 is 15.5 Å². The van der Waals surface area contributed by atoms with E-state index < -0.39 is 45.7 Å². The first-order valence-electron chi connectivity index (χ1n) is 11.8. The molecule has 3 aromatic rings. The quantitative estimate of drug-likeness (QED) is 0.392. The fourth-order valence-electron chi connectivity index (χ4n) is 4.45. The van der Waals surface area contributed by atoms with Crippen molar-refractivity contribution in [3.05, 3.63) is 65.6 Å². The second-order valence-corrected chi connectivity index (χ2v) is 11.1. The van der Waals surface area contributed by atoms with Crippen LogP contribution in [0, 0.1) is 5.82 Å². The van der Waals surface area contributed by atoms with Crippen LogP contribution in [0.3, 0.4) is 0 Å². The first kappa shape index (κ1) is 28.1. The molecule has 1 aromatic heterocycles. The molecule has 0 saturated carbocycles. The summed E-state index contributed by atoms with van der Waals surface area (Å²) in [7, 11) is -3.56. The third kappa shape index (κ3) is 7.13. The highest BCUT2D eigenvalue weighted by molar-refractivity contribution is 7.92. The van der Waals surface area contributed by atoms with E-state index >= 15 is 0 Å². The minimum Gasteiger partial charge on any atom is -0.380 e. The van der Waals surface area contributed by atoms with Gasteiger partial charge in [-0.15, -0.1) is 0 Å². The number of fused-ring (bicyclic) bond motifs is 1. The van der Waals surface area contributed by atoms with Crippen molar-refractivity contribution in [2.75, 3.05) is 29.4 Å². The van der Waals surface area contributed by atoms with E-state index in [1.54, 1.807) is 0 Å². The molecule has 0 bridgehead atoms. The summed E-state index contributed by atoms with van der Waals surface area (Å²) in [6.45, 7) is 1.62. The number of benzene rings is 2. The van der Waals surface area contributed by atoms with E-state index in [2.05, 4.69) is 20.3 Å². The standard InChI is InChI=1S/C25H25F4N5O4S/c1-14(35)34-12-18(30-22-11-23(25(27,28)29)32-21-7-6-16(26)9-20(21)22)10-19(13-34)31-24(36)15-4-3-5-17(8-15)33-39(2,37)38/h3-9,11,18-19,33H,10,12-13H2,1-2H3,(H,30,32)(H,31,36)/t18?,19-/m0/s1. The molecule has 1 unspecified atom stereocenters. The topological polar surface area (TPSA) is 120 Å². The third-order valence-electron chi connectivity index (χ3n) is 6.08. The number of anilines is 2. The molecule has 2 aromatic carbocycles. The van der Waals surface area contributed by atoms with Crippen molar-refractivity contribution in [2.45, 2.75) is 31.6 Å². The van der Waals surface area contributed by atoms with Gasteiger partial charge >= 0.3 is 6.18 Å². The van der Waals surface area contributed by atoms with Crippen LogP contribution in [0.1, 0.15) is 29.4 Å². The summed E-state index contributed by atoms with van der Waals surface area (Å²) >= 11 is 0. The highest BCUT2D eigenvalue weighted by Gasteiger charge is 2.35. The normalized spacial score (nSPS) is 18.1. The number of likely N-dealkylation sites (tertiary alicyclic amines) is 1. The average Bonchev–Trinajstić information content (AvgIpc) is 2.82. The van der Waals surface area contributed by atoms with Crippen LogP contribution < -0.4 is 15.4 Å². The van der Waals surface area contributed by atoms with Crippen LogP contribution in [0.5, 0.6) is 0 Å². The molecule has 1 saturated heterocycles. The third-order valence-corrected chi connectivity index (χ3v) is 6.69. The maximum atomic E-state index is 14.0. The molecule has 9 nitrogen and oxygen atoms in total. The van der Waals surface area contributed by atoms with E-state index in [9.17, 15) is 35.6 Å². The largest absolute Gasteiger partial charge is 0.433 e. The van der Waals surface area contributed by atoms with Gasteiger partial charge in [-0.05, 0) is 48.9 Å². The Hall–Kier alpha value is -3.94. The summed E-state index contributed by atoms with van der Waals surface area (Å²) < 4.78 is 79.8. The monoisotopic (exact) mass is 567 g/mol. The van der Waals surface area contributed by atoms with Crippen LogP contribution in [-0.2, 0) is 21.0 Å². The average molecular weight is 568 g/mol. The molecule has 1 fully saturated rings. The zero-order chi connectivity index (χ0) is 28.5. The van der Waals surface area contributed by atoms with Crippen molar-refractivity contribution in [2.24, 2.45) is 0 Å². The van der Waals surface area contributed by atoms with Crippen LogP contribution in [0.15, 0.2) is 48.5 Å². The van der Waals surface area contributed by atoms with Crippen LogP contribution in [0.25, 0.3) is 10.9 Å². The molecule has 1 aliphatic rings. The van der Waals surface area contributed by atoms with E-state index in [0.717, 1.165) is 30.5 Å². The van der Waals surface area contributed by atoms with E-state index in [1.807, 2.05) is 0 Å². The second-order valence-electron chi connectivity index (χ2n) is 9.34. The number of alkyl halides is 3. The second kappa shape index (κ2) is 10.7. The van der Waals surface area contributed by atoms with Crippen molar-refractivity contribution < 1.29 is 35.6 Å². The van der Waals surface area contributed by atoms with Crippen LogP contribution in [0.4, 0.5) is 28.9 Å². The Balaban J connectivity index is 1.59. The molecule has 39 heavy (non-hydrogen) atoms.